The number of rotatable bonds is 8. The number of hydrogen-bond acceptors (Lipinski definition) is 5. The Morgan fingerprint density at radius 3 is 2.34 bits per heavy atom. The van der Waals surface area contributed by atoms with Gasteiger partial charge in [-0.25, -0.2) is 8.42 Å². The number of thiophene rings is 1. The van der Waals surface area contributed by atoms with Crippen molar-refractivity contribution in [3.63, 3.8) is 0 Å². The molecule has 1 aliphatic heterocycles. The van der Waals surface area contributed by atoms with Gasteiger partial charge in [0.2, 0.25) is 0 Å². The molecule has 0 unspecified atom stereocenters. The molecule has 5 nitrogen and oxygen atoms in total. The van der Waals surface area contributed by atoms with Crippen LogP contribution >= 0.6 is 11.3 Å². The largest absolute Gasteiger partial charge is 0.352 e. The molecule has 168 valence electrons. The topological polar surface area (TPSA) is 66.5 Å². The summed E-state index contributed by atoms with van der Waals surface area (Å²) in [5.41, 5.74) is 1.23. The van der Waals surface area contributed by atoms with Gasteiger partial charge in [-0.15, -0.1) is 11.3 Å². The summed E-state index contributed by atoms with van der Waals surface area (Å²) in [5, 5.41) is 5.17. The number of piperidine rings is 1. The molecule has 1 fully saturated rings. The first-order chi connectivity index (χ1) is 15.5. The molecule has 1 aliphatic rings. The first kappa shape index (κ1) is 22.7. The van der Waals surface area contributed by atoms with Crippen LogP contribution < -0.4 is 5.32 Å². The molecule has 1 N–H and O–H groups in total. The van der Waals surface area contributed by atoms with Crippen molar-refractivity contribution in [2.75, 3.05) is 19.6 Å². The van der Waals surface area contributed by atoms with Crippen LogP contribution in [0.1, 0.15) is 33.6 Å². The van der Waals surface area contributed by atoms with Crippen LogP contribution in [0.3, 0.4) is 0 Å². The van der Waals surface area contributed by atoms with E-state index in [9.17, 15) is 13.2 Å². The molecule has 0 aliphatic carbocycles. The van der Waals surface area contributed by atoms with Crippen molar-refractivity contribution < 1.29 is 13.2 Å². The molecule has 0 saturated carbocycles. The Bertz CT molecular complexity index is 1100. The molecule has 1 saturated heterocycles. The van der Waals surface area contributed by atoms with Crippen molar-refractivity contribution >= 4 is 27.1 Å². The quantitative estimate of drug-likeness (QED) is 0.533. The number of amides is 1. The van der Waals surface area contributed by atoms with Crippen molar-refractivity contribution in [3.05, 3.63) is 88.1 Å². The van der Waals surface area contributed by atoms with Crippen LogP contribution in [0.15, 0.2) is 77.0 Å². The van der Waals surface area contributed by atoms with Gasteiger partial charge < -0.3 is 5.32 Å². The summed E-state index contributed by atoms with van der Waals surface area (Å²) in [7, 11) is -3.40. The first-order valence-corrected chi connectivity index (χ1v) is 13.4. The zero-order valence-corrected chi connectivity index (χ0v) is 19.6. The van der Waals surface area contributed by atoms with E-state index in [0.717, 1.165) is 32.5 Å². The first-order valence-electron chi connectivity index (χ1n) is 10.9. The molecule has 3 aromatic rings. The lowest BCUT2D eigenvalue weighted by molar-refractivity contribution is 0.0935. The lowest BCUT2D eigenvalue weighted by atomic mass is 9.96. The SMILES string of the molecule is O=C(NCC1CCN(Cc2cccs2)CC1)c1ccc(CS(=O)(=O)c2ccccc2)cc1. The number of benzene rings is 2. The van der Waals surface area contributed by atoms with Crippen molar-refractivity contribution in [3.8, 4) is 0 Å². The van der Waals surface area contributed by atoms with Crippen molar-refractivity contribution in [1.82, 2.24) is 10.2 Å². The number of carbonyl (C=O) groups excluding carboxylic acids is 1. The van der Waals surface area contributed by atoms with Crippen molar-refractivity contribution in [2.24, 2.45) is 5.92 Å². The van der Waals surface area contributed by atoms with E-state index in [-0.39, 0.29) is 11.7 Å². The highest BCUT2D eigenvalue weighted by atomic mass is 32.2. The molecule has 4 rings (SSSR count). The lowest BCUT2D eigenvalue weighted by Gasteiger charge is -2.31. The molecule has 0 radical (unpaired) electrons. The Morgan fingerprint density at radius 2 is 1.69 bits per heavy atom. The van der Waals surface area contributed by atoms with Gasteiger partial charge in [-0.3, -0.25) is 9.69 Å². The van der Waals surface area contributed by atoms with Gasteiger partial charge in [0.25, 0.3) is 5.91 Å². The Balaban J connectivity index is 1.24. The van der Waals surface area contributed by atoms with Gasteiger partial charge in [0.1, 0.15) is 0 Å². The van der Waals surface area contributed by atoms with E-state index in [1.54, 1.807) is 65.9 Å². The summed E-state index contributed by atoms with van der Waals surface area (Å²) in [6, 6.07) is 19.5. The number of likely N-dealkylation sites (tertiary alicyclic amines) is 1. The van der Waals surface area contributed by atoms with Crippen LogP contribution in [0.4, 0.5) is 0 Å². The van der Waals surface area contributed by atoms with Crippen LogP contribution in [0.5, 0.6) is 0 Å². The Kier molecular flexibility index (Phi) is 7.40. The number of nitrogens with zero attached hydrogens (tertiary/aromatic N) is 1. The van der Waals surface area contributed by atoms with Gasteiger partial charge in [0.15, 0.2) is 9.84 Å². The normalized spacial score (nSPS) is 15.5. The minimum Gasteiger partial charge on any atom is -0.352 e. The maximum absolute atomic E-state index is 12.5. The second-order valence-corrected chi connectivity index (χ2v) is 11.3. The van der Waals surface area contributed by atoms with Gasteiger partial charge in [-0.2, -0.15) is 0 Å². The third-order valence-corrected chi connectivity index (χ3v) is 8.46. The Morgan fingerprint density at radius 1 is 0.969 bits per heavy atom. The van der Waals surface area contributed by atoms with Gasteiger partial charge in [0.05, 0.1) is 10.6 Å². The molecule has 1 amide bonds. The predicted molar refractivity (Wildman–Crippen MR) is 128 cm³/mol. The zero-order valence-electron chi connectivity index (χ0n) is 17.9. The van der Waals surface area contributed by atoms with Crippen molar-refractivity contribution in [2.45, 2.75) is 30.0 Å². The number of nitrogens with one attached hydrogen (secondary N) is 1. The van der Waals surface area contributed by atoms with Crippen LogP contribution in [0, 0.1) is 5.92 Å². The fourth-order valence-electron chi connectivity index (χ4n) is 3.99. The Labute approximate surface area is 194 Å². The summed E-state index contributed by atoms with van der Waals surface area (Å²) in [5.74, 6) is 0.306. The lowest BCUT2D eigenvalue weighted by Crippen LogP contribution is -2.38. The second kappa shape index (κ2) is 10.4. The maximum atomic E-state index is 12.5. The smallest absolute Gasteiger partial charge is 0.251 e. The molecule has 1 aromatic heterocycles. The van der Waals surface area contributed by atoms with Crippen molar-refractivity contribution in [1.29, 1.82) is 0 Å². The fourth-order valence-corrected chi connectivity index (χ4v) is 6.11. The summed E-state index contributed by atoms with van der Waals surface area (Å²) < 4.78 is 25.1. The second-order valence-electron chi connectivity index (χ2n) is 8.28. The predicted octanol–water partition coefficient (Wildman–Crippen LogP) is 4.36. The summed E-state index contributed by atoms with van der Waals surface area (Å²) >= 11 is 1.80. The highest BCUT2D eigenvalue weighted by Crippen LogP contribution is 2.21. The van der Waals surface area contributed by atoms with Crippen LogP contribution in [-0.4, -0.2) is 38.9 Å². The van der Waals surface area contributed by atoms with Crippen LogP contribution in [0.25, 0.3) is 0 Å². The fraction of sp³-hybridized carbons (Fsp3) is 0.320. The van der Waals surface area contributed by atoms with E-state index in [1.165, 1.54) is 4.88 Å². The molecule has 0 atom stereocenters. The number of sulfone groups is 1. The molecular formula is C25H28N2O3S2. The van der Waals surface area contributed by atoms with Crippen LogP contribution in [0.2, 0.25) is 0 Å². The van der Waals surface area contributed by atoms with E-state index in [4.69, 9.17) is 0 Å². The van der Waals surface area contributed by atoms with Gasteiger partial charge in [-0.1, -0.05) is 36.4 Å². The minimum absolute atomic E-state index is 0.0804. The van der Waals surface area contributed by atoms with Gasteiger partial charge in [-0.05, 0) is 73.1 Å². The average molecular weight is 469 g/mol. The number of carbonyl (C=O) groups is 1. The highest BCUT2D eigenvalue weighted by molar-refractivity contribution is 7.90. The molecule has 2 aromatic carbocycles. The highest BCUT2D eigenvalue weighted by Gasteiger charge is 2.20. The molecular weight excluding hydrogens is 440 g/mol. The summed E-state index contributed by atoms with van der Waals surface area (Å²) in [6.45, 7) is 3.81. The molecule has 2 heterocycles. The van der Waals surface area contributed by atoms with Crippen LogP contribution in [-0.2, 0) is 22.1 Å². The van der Waals surface area contributed by atoms with E-state index >= 15 is 0 Å². The van der Waals surface area contributed by atoms with E-state index in [0.29, 0.717) is 28.5 Å². The van der Waals surface area contributed by atoms with E-state index in [1.807, 2.05) is 0 Å². The van der Waals surface area contributed by atoms with Gasteiger partial charge >= 0.3 is 0 Å². The molecule has 7 heteroatoms. The Hall–Kier alpha value is -2.48. The zero-order chi connectivity index (χ0) is 22.4. The molecule has 0 bridgehead atoms. The maximum Gasteiger partial charge on any atom is 0.251 e. The van der Waals surface area contributed by atoms with E-state index in [2.05, 4.69) is 27.7 Å². The standard InChI is InChI=1S/C25H28N2O3S2/c28-25(26-17-20-12-14-27(15-13-20)18-23-5-4-16-31-23)22-10-8-21(9-11-22)19-32(29,30)24-6-2-1-3-7-24/h1-11,16,20H,12-15,17-19H2,(H,26,28). The van der Waals surface area contributed by atoms with Gasteiger partial charge in [0, 0.05) is 23.5 Å². The van der Waals surface area contributed by atoms with E-state index < -0.39 is 9.84 Å². The minimum atomic E-state index is -3.40. The third kappa shape index (κ3) is 6.06. The third-order valence-electron chi connectivity index (χ3n) is 5.89. The molecule has 32 heavy (non-hydrogen) atoms. The number of hydrogen-bond donors (Lipinski definition) is 1. The summed E-state index contributed by atoms with van der Waals surface area (Å²) in [6.07, 6.45) is 2.17. The average Bonchev–Trinajstić information content (AvgIpc) is 3.32. The summed E-state index contributed by atoms with van der Waals surface area (Å²) in [4.78, 5) is 16.7. The monoisotopic (exact) mass is 468 g/mol. The molecule has 0 spiro atoms.